The average molecular weight is 341 g/mol. The number of nitrogens with zero attached hydrogens (tertiary/aromatic N) is 4. The fourth-order valence-electron chi connectivity index (χ4n) is 2.45. The molecule has 2 aromatic heterocycles. The molecule has 0 radical (unpaired) electrons. The SMILES string of the molecule is COc1ccc(-c2nnc(C)o2)cc1NC(=O)CCc1ccnn1C. The summed E-state index contributed by atoms with van der Waals surface area (Å²) in [6.45, 7) is 1.72. The lowest BCUT2D eigenvalue weighted by Crippen LogP contribution is -2.14. The van der Waals surface area contributed by atoms with Crippen molar-refractivity contribution < 1.29 is 13.9 Å². The van der Waals surface area contributed by atoms with Crippen molar-refractivity contribution in [2.45, 2.75) is 19.8 Å². The second-order valence-electron chi connectivity index (χ2n) is 5.54. The number of carbonyl (C=O) groups is 1. The Morgan fingerprint density at radius 3 is 2.80 bits per heavy atom. The molecule has 0 atom stereocenters. The van der Waals surface area contributed by atoms with Crippen LogP contribution < -0.4 is 10.1 Å². The van der Waals surface area contributed by atoms with E-state index in [1.807, 2.05) is 13.1 Å². The minimum atomic E-state index is -0.113. The summed E-state index contributed by atoms with van der Waals surface area (Å²) in [5.74, 6) is 1.32. The summed E-state index contributed by atoms with van der Waals surface area (Å²) in [6, 6.07) is 7.21. The Balaban J connectivity index is 1.73. The van der Waals surface area contributed by atoms with Crippen LogP contribution in [-0.2, 0) is 18.3 Å². The Morgan fingerprint density at radius 2 is 2.16 bits per heavy atom. The summed E-state index contributed by atoms with van der Waals surface area (Å²) in [5, 5.41) is 14.8. The Labute approximate surface area is 144 Å². The van der Waals surface area contributed by atoms with Crippen LogP contribution in [0.5, 0.6) is 5.75 Å². The fraction of sp³-hybridized carbons (Fsp3) is 0.294. The number of methoxy groups -OCH3 is 1. The van der Waals surface area contributed by atoms with E-state index in [1.54, 1.807) is 43.1 Å². The monoisotopic (exact) mass is 341 g/mol. The maximum atomic E-state index is 12.3. The highest BCUT2D eigenvalue weighted by atomic mass is 16.5. The molecule has 3 aromatic rings. The highest BCUT2D eigenvalue weighted by Crippen LogP contribution is 2.30. The first-order valence-corrected chi connectivity index (χ1v) is 7.82. The lowest BCUT2D eigenvalue weighted by Gasteiger charge is -2.11. The molecule has 130 valence electrons. The van der Waals surface area contributed by atoms with Crippen LogP contribution in [0.3, 0.4) is 0 Å². The maximum absolute atomic E-state index is 12.3. The van der Waals surface area contributed by atoms with E-state index in [4.69, 9.17) is 9.15 Å². The van der Waals surface area contributed by atoms with Crippen LogP contribution in [0.2, 0.25) is 0 Å². The van der Waals surface area contributed by atoms with E-state index in [1.165, 1.54) is 0 Å². The molecule has 0 aliphatic rings. The molecule has 1 amide bonds. The summed E-state index contributed by atoms with van der Waals surface area (Å²) in [4.78, 5) is 12.3. The van der Waals surface area contributed by atoms with Gasteiger partial charge in [0.25, 0.3) is 0 Å². The number of hydrogen-bond donors (Lipinski definition) is 1. The van der Waals surface area contributed by atoms with Gasteiger partial charge in [-0.05, 0) is 30.7 Å². The van der Waals surface area contributed by atoms with Gasteiger partial charge in [-0.15, -0.1) is 10.2 Å². The number of amides is 1. The van der Waals surface area contributed by atoms with Gasteiger partial charge in [0.05, 0.1) is 12.8 Å². The van der Waals surface area contributed by atoms with Crippen molar-refractivity contribution in [3.8, 4) is 17.2 Å². The van der Waals surface area contributed by atoms with Crippen LogP contribution in [0.4, 0.5) is 5.69 Å². The summed E-state index contributed by atoms with van der Waals surface area (Å²) in [6.07, 6.45) is 2.66. The lowest BCUT2D eigenvalue weighted by atomic mass is 10.1. The number of nitrogens with one attached hydrogen (secondary N) is 1. The van der Waals surface area contributed by atoms with Crippen LogP contribution in [0, 0.1) is 6.92 Å². The molecule has 8 nitrogen and oxygen atoms in total. The van der Waals surface area contributed by atoms with Crippen molar-refractivity contribution in [1.82, 2.24) is 20.0 Å². The van der Waals surface area contributed by atoms with Crippen molar-refractivity contribution in [3.05, 3.63) is 42.0 Å². The summed E-state index contributed by atoms with van der Waals surface area (Å²) < 4.78 is 12.5. The van der Waals surface area contributed by atoms with Gasteiger partial charge in [-0.3, -0.25) is 9.48 Å². The first-order valence-electron chi connectivity index (χ1n) is 7.82. The van der Waals surface area contributed by atoms with Crippen LogP contribution in [0.15, 0.2) is 34.9 Å². The molecule has 0 fully saturated rings. The number of ether oxygens (including phenoxy) is 1. The smallest absolute Gasteiger partial charge is 0.247 e. The molecule has 1 aromatic carbocycles. The molecule has 3 rings (SSSR count). The standard InChI is InChI=1S/C17H19N5O3/c1-11-20-21-17(25-11)12-4-6-15(24-3)14(10-12)19-16(23)7-5-13-8-9-18-22(13)2/h4,6,8-10H,5,7H2,1-3H3,(H,19,23). The number of carbonyl (C=O) groups excluding carboxylic acids is 1. The third-order valence-electron chi connectivity index (χ3n) is 3.78. The second kappa shape index (κ2) is 7.16. The summed E-state index contributed by atoms with van der Waals surface area (Å²) in [5.41, 5.74) is 2.27. The van der Waals surface area contributed by atoms with Crippen molar-refractivity contribution in [2.75, 3.05) is 12.4 Å². The van der Waals surface area contributed by atoms with Gasteiger partial charge in [0, 0.05) is 37.8 Å². The molecule has 2 heterocycles. The minimum Gasteiger partial charge on any atom is -0.495 e. The third-order valence-corrected chi connectivity index (χ3v) is 3.78. The number of hydrogen-bond acceptors (Lipinski definition) is 6. The Morgan fingerprint density at radius 1 is 1.32 bits per heavy atom. The molecule has 0 bridgehead atoms. The Kier molecular flexibility index (Phi) is 4.78. The van der Waals surface area contributed by atoms with E-state index < -0.39 is 0 Å². The van der Waals surface area contributed by atoms with Crippen molar-refractivity contribution in [2.24, 2.45) is 7.05 Å². The first kappa shape index (κ1) is 16.7. The molecule has 0 spiro atoms. The molecule has 25 heavy (non-hydrogen) atoms. The summed E-state index contributed by atoms with van der Waals surface area (Å²) in [7, 11) is 3.41. The van der Waals surface area contributed by atoms with Crippen molar-refractivity contribution in [3.63, 3.8) is 0 Å². The van der Waals surface area contributed by atoms with E-state index in [2.05, 4.69) is 20.6 Å². The number of anilines is 1. The molecular formula is C17H19N5O3. The van der Waals surface area contributed by atoms with Gasteiger partial charge in [-0.2, -0.15) is 5.10 Å². The zero-order valence-electron chi connectivity index (χ0n) is 14.3. The van der Waals surface area contributed by atoms with Crippen molar-refractivity contribution >= 4 is 11.6 Å². The predicted molar refractivity (Wildman–Crippen MR) is 91.2 cm³/mol. The average Bonchev–Trinajstić information content (AvgIpc) is 3.21. The van der Waals surface area contributed by atoms with E-state index in [0.717, 1.165) is 5.69 Å². The van der Waals surface area contributed by atoms with Crippen molar-refractivity contribution in [1.29, 1.82) is 0 Å². The highest BCUT2D eigenvalue weighted by molar-refractivity contribution is 5.93. The molecular weight excluding hydrogens is 322 g/mol. The molecule has 0 aliphatic heterocycles. The number of aryl methyl sites for hydroxylation is 3. The van der Waals surface area contributed by atoms with Gasteiger partial charge >= 0.3 is 0 Å². The van der Waals surface area contributed by atoms with E-state index in [-0.39, 0.29) is 5.91 Å². The van der Waals surface area contributed by atoms with E-state index in [0.29, 0.717) is 41.6 Å². The van der Waals surface area contributed by atoms with Crippen LogP contribution in [-0.4, -0.2) is 33.0 Å². The van der Waals surface area contributed by atoms with Gasteiger partial charge in [-0.1, -0.05) is 0 Å². The number of benzene rings is 1. The maximum Gasteiger partial charge on any atom is 0.247 e. The molecule has 0 unspecified atom stereocenters. The second-order valence-corrected chi connectivity index (χ2v) is 5.54. The summed E-state index contributed by atoms with van der Waals surface area (Å²) >= 11 is 0. The number of aromatic nitrogens is 4. The van der Waals surface area contributed by atoms with Crippen LogP contribution in [0.25, 0.3) is 11.5 Å². The molecule has 0 aliphatic carbocycles. The van der Waals surface area contributed by atoms with E-state index in [9.17, 15) is 4.79 Å². The predicted octanol–water partition coefficient (Wildman–Crippen LogP) is 2.36. The van der Waals surface area contributed by atoms with Gasteiger partial charge in [-0.25, -0.2) is 0 Å². The van der Waals surface area contributed by atoms with Gasteiger partial charge in [0.15, 0.2) is 0 Å². The highest BCUT2D eigenvalue weighted by Gasteiger charge is 2.13. The zero-order chi connectivity index (χ0) is 17.8. The Hall–Kier alpha value is -3.16. The molecule has 1 N–H and O–H groups in total. The van der Waals surface area contributed by atoms with Gasteiger partial charge < -0.3 is 14.5 Å². The minimum absolute atomic E-state index is 0.113. The normalized spacial score (nSPS) is 10.7. The Bertz CT molecular complexity index is 884. The van der Waals surface area contributed by atoms with Gasteiger partial charge in [0.2, 0.25) is 17.7 Å². The lowest BCUT2D eigenvalue weighted by molar-refractivity contribution is -0.116. The molecule has 8 heteroatoms. The largest absolute Gasteiger partial charge is 0.495 e. The quantitative estimate of drug-likeness (QED) is 0.739. The molecule has 0 saturated heterocycles. The fourth-order valence-corrected chi connectivity index (χ4v) is 2.45. The topological polar surface area (TPSA) is 95.1 Å². The van der Waals surface area contributed by atoms with Gasteiger partial charge in [0.1, 0.15) is 5.75 Å². The van der Waals surface area contributed by atoms with E-state index >= 15 is 0 Å². The third kappa shape index (κ3) is 3.85. The first-order chi connectivity index (χ1) is 12.1. The number of rotatable bonds is 6. The van der Waals surface area contributed by atoms with Crippen LogP contribution >= 0.6 is 0 Å². The van der Waals surface area contributed by atoms with Crippen LogP contribution in [0.1, 0.15) is 18.0 Å². The molecule has 0 saturated carbocycles. The zero-order valence-corrected chi connectivity index (χ0v) is 14.3.